The minimum atomic E-state index is -0.856. The summed E-state index contributed by atoms with van der Waals surface area (Å²) in [5.41, 5.74) is 0. The predicted octanol–water partition coefficient (Wildman–Crippen LogP) is -1.99. The van der Waals surface area contributed by atoms with Crippen LogP contribution in [0.4, 0.5) is 0 Å². The first-order valence-electron chi connectivity index (χ1n) is 4.31. The summed E-state index contributed by atoms with van der Waals surface area (Å²) in [4.78, 5) is 1.61. The van der Waals surface area contributed by atoms with Gasteiger partial charge in [-0.1, -0.05) is 0 Å². The van der Waals surface area contributed by atoms with Crippen LogP contribution in [0.15, 0.2) is 0 Å². The topological polar surface area (TPSA) is 84.2 Å². The Balaban J connectivity index is 3.89. The van der Waals surface area contributed by atoms with Crippen LogP contribution < -0.4 is 0 Å². The molecule has 4 N–H and O–H groups in total. The van der Waals surface area contributed by atoms with Gasteiger partial charge in [-0.25, -0.2) is 0 Å². The normalized spacial score (nSPS) is 16.6. The van der Waals surface area contributed by atoms with E-state index in [2.05, 4.69) is 0 Å². The third-order valence-electron chi connectivity index (χ3n) is 2.08. The Bertz CT molecular complexity index is 127. The number of hydrogen-bond donors (Lipinski definition) is 4. The lowest BCUT2D eigenvalue weighted by molar-refractivity contribution is -0.00787. The maximum absolute atomic E-state index is 9.28. The minimum absolute atomic E-state index is 0.167. The zero-order valence-corrected chi connectivity index (χ0v) is 8.09. The number of likely N-dealkylation sites (N-methyl/N-ethyl adjacent to an activating group) is 1. The van der Waals surface area contributed by atoms with Crippen molar-refractivity contribution in [2.24, 2.45) is 0 Å². The van der Waals surface area contributed by atoms with Crippen LogP contribution in [0.3, 0.4) is 0 Å². The molecule has 0 bridgehead atoms. The molecule has 0 spiro atoms. The summed E-state index contributed by atoms with van der Waals surface area (Å²) in [7, 11) is 1.67. The van der Waals surface area contributed by atoms with Gasteiger partial charge in [-0.05, 0) is 14.0 Å². The molecular formula is C8H19NO4. The number of aliphatic hydroxyl groups is 4. The quantitative estimate of drug-likeness (QED) is 0.392. The lowest BCUT2D eigenvalue weighted by atomic mass is 10.2. The summed E-state index contributed by atoms with van der Waals surface area (Å²) in [5.74, 6) is 0. The maximum atomic E-state index is 9.28. The zero-order chi connectivity index (χ0) is 10.4. The van der Waals surface area contributed by atoms with Crippen molar-refractivity contribution in [1.82, 2.24) is 4.90 Å². The zero-order valence-electron chi connectivity index (χ0n) is 8.09. The predicted molar refractivity (Wildman–Crippen MR) is 48.3 cm³/mol. The summed E-state index contributed by atoms with van der Waals surface area (Å²) >= 11 is 0. The Hall–Kier alpha value is -0.200. The molecule has 0 aliphatic rings. The molecule has 0 saturated heterocycles. The second-order valence-corrected chi connectivity index (χ2v) is 3.27. The lowest BCUT2D eigenvalue weighted by Gasteiger charge is -2.27. The minimum Gasteiger partial charge on any atom is -0.395 e. The van der Waals surface area contributed by atoms with Crippen molar-refractivity contribution in [2.75, 3.05) is 26.8 Å². The van der Waals surface area contributed by atoms with E-state index in [-0.39, 0.29) is 25.8 Å². The number of aliphatic hydroxyl groups excluding tert-OH is 4. The van der Waals surface area contributed by atoms with E-state index < -0.39 is 12.2 Å². The van der Waals surface area contributed by atoms with E-state index in [0.29, 0.717) is 0 Å². The molecule has 0 fully saturated rings. The van der Waals surface area contributed by atoms with Gasteiger partial charge in [0.05, 0.1) is 31.5 Å². The van der Waals surface area contributed by atoms with E-state index in [1.807, 2.05) is 0 Å². The average Bonchev–Trinajstić information content (AvgIpc) is 2.06. The average molecular weight is 193 g/mol. The molecule has 0 radical (unpaired) electrons. The van der Waals surface area contributed by atoms with Crippen LogP contribution in [0.5, 0.6) is 0 Å². The molecule has 80 valence electrons. The Morgan fingerprint density at radius 1 is 1.15 bits per heavy atom. The van der Waals surface area contributed by atoms with Crippen molar-refractivity contribution in [3.63, 3.8) is 0 Å². The lowest BCUT2D eigenvalue weighted by Crippen LogP contribution is -2.44. The standard InChI is InChI=1S/C8H19NO4/c1-6(12)8(13)3-9(2)7(4-10)5-11/h6-8,10-13H,3-5H2,1-2H3/t6-,8-/m0/s1. The SMILES string of the molecule is C[C@H](O)[C@@H](O)CN(C)C(CO)CO. The molecule has 0 heterocycles. The number of hydrogen-bond acceptors (Lipinski definition) is 5. The van der Waals surface area contributed by atoms with Gasteiger partial charge in [0, 0.05) is 6.54 Å². The van der Waals surface area contributed by atoms with E-state index in [0.717, 1.165) is 0 Å². The fraction of sp³-hybridized carbons (Fsp3) is 1.00. The van der Waals surface area contributed by atoms with E-state index >= 15 is 0 Å². The van der Waals surface area contributed by atoms with Crippen molar-refractivity contribution in [3.8, 4) is 0 Å². The van der Waals surface area contributed by atoms with Crippen LogP contribution in [0.25, 0.3) is 0 Å². The molecule has 0 saturated carbocycles. The second-order valence-electron chi connectivity index (χ2n) is 3.27. The van der Waals surface area contributed by atoms with Gasteiger partial charge in [0.15, 0.2) is 0 Å². The molecule has 0 aromatic rings. The van der Waals surface area contributed by atoms with Gasteiger partial charge in [-0.3, -0.25) is 4.90 Å². The van der Waals surface area contributed by atoms with Gasteiger partial charge in [0.1, 0.15) is 0 Å². The number of nitrogens with zero attached hydrogens (tertiary/aromatic N) is 1. The molecule has 0 aromatic carbocycles. The van der Waals surface area contributed by atoms with Gasteiger partial charge in [0.2, 0.25) is 0 Å². The van der Waals surface area contributed by atoms with Gasteiger partial charge >= 0.3 is 0 Å². The van der Waals surface area contributed by atoms with Crippen LogP contribution in [-0.4, -0.2) is 70.4 Å². The van der Waals surface area contributed by atoms with Crippen LogP contribution in [0.1, 0.15) is 6.92 Å². The molecule has 0 unspecified atom stereocenters. The Kier molecular flexibility index (Phi) is 6.19. The summed E-state index contributed by atoms with van der Waals surface area (Å²) < 4.78 is 0. The van der Waals surface area contributed by atoms with E-state index in [4.69, 9.17) is 15.3 Å². The fourth-order valence-corrected chi connectivity index (χ4v) is 0.933. The van der Waals surface area contributed by atoms with E-state index in [9.17, 15) is 5.11 Å². The Labute approximate surface area is 78.2 Å². The Morgan fingerprint density at radius 2 is 1.62 bits per heavy atom. The first kappa shape index (κ1) is 12.8. The molecule has 5 heteroatoms. The molecule has 0 aliphatic heterocycles. The molecule has 13 heavy (non-hydrogen) atoms. The molecule has 0 aliphatic carbocycles. The second kappa shape index (κ2) is 6.28. The molecule has 5 nitrogen and oxygen atoms in total. The van der Waals surface area contributed by atoms with Gasteiger partial charge in [-0.2, -0.15) is 0 Å². The van der Waals surface area contributed by atoms with Gasteiger partial charge in [-0.15, -0.1) is 0 Å². The van der Waals surface area contributed by atoms with Crippen molar-refractivity contribution >= 4 is 0 Å². The summed E-state index contributed by atoms with van der Waals surface area (Å²) in [6.45, 7) is 1.38. The van der Waals surface area contributed by atoms with Crippen LogP contribution in [-0.2, 0) is 0 Å². The molecule has 0 rings (SSSR count). The monoisotopic (exact) mass is 193 g/mol. The smallest absolute Gasteiger partial charge is 0.0922 e. The van der Waals surface area contributed by atoms with Crippen molar-refractivity contribution in [1.29, 1.82) is 0 Å². The van der Waals surface area contributed by atoms with Crippen LogP contribution in [0.2, 0.25) is 0 Å². The third-order valence-corrected chi connectivity index (χ3v) is 2.08. The molecule has 0 amide bonds. The molecule has 2 atom stereocenters. The van der Waals surface area contributed by atoms with E-state index in [1.54, 1.807) is 11.9 Å². The van der Waals surface area contributed by atoms with E-state index in [1.165, 1.54) is 6.92 Å². The van der Waals surface area contributed by atoms with Crippen molar-refractivity contribution in [2.45, 2.75) is 25.2 Å². The fourth-order valence-electron chi connectivity index (χ4n) is 0.933. The highest BCUT2D eigenvalue weighted by Gasteiger charge is 2.18. The summed E-state index contributed by atoms with van der Waals surface area (Å²) in [5, 5.41) is 35.9. The number of rotatable bonds is 6. The van der Waals surface area contributed by atoms with Crippen molar-refractivity contribution in [3.05, 3.63) is 0 Å². The molecular weight excluding hydrogens is 174 g/mol. The first-order valence-corrected chi connectivity index (χ1v) is 4.31. The van der Waals surface area contributed by atoms with Gasteiger partial charge < -0.3 is 20.4 Å². The molecule has 0 aromatic heterocycles. The van der Waals surface area contributed by atoms with Crippen LogP contribution in [0, 0.1) is 0 Å². The summed E-state index contributed by atoms with van der Waals surface area (Å²) in [6, 6.07) is -0.381. The summed E-state index contributed by atoms with van der Waals surface area (Å²) in [6.07, 6.45) is -1.66. The van der Waals surface area contributed by atoms with Crippen molar-refractivity contribution < 1.29 is 20.4 Å². The van der Waals surface area contributed by atoms with Crippen LogP contribution >= 0.6 is 0 Å². The maximum Gasteiger partial charge on any atom is 0.0922 e. The van der Waals surface area contributed by atoms with Gasteiger partial charge in [0.25, 0.3) is 0 Å². The Morgan fingerprint density at radius 3 is 1.92 bits per heavy atom. The highest BCUT2D eigenvalue weighted by molar-refractivity contribution is 4.72. The highest BCUT2D eigenvalue weighted by atomic mass is 16.3. The first-order chi connectivity index (χ1) is 6.02. The highest BCUT2D eigenvalue weighted by Crippen LogP contribution is 2.00. The largest absolute Gasteiger partial charge is 0.395 e. The third kappa shape index (κ3) is 4.54.